The third-order valence-electron chi connectivity index (χ3n) is 13.8. The smallest absolute Gasteiger partial charge is 0.245 e. The molecule has 8 amide bonds. The lowest BCUT2D eigenvalue weighted by atomic mass is 9.88. The van der Waals surface area contributed by atoms with Gasteiger partial charge in [0.1, 0.15) is 42.0 Å². The summed E-state index contributed by atoms with van der Waals surface area (Å²) >= 11 is 0. The molecule has 1 rings (SSSR count). The van der Waals surface area contributed by atoms with Gasteiger partial charge in [-0.15, -0.1) is 0 Å². The molecule has 0 aromatic carbocycles. The second kappa shape index (κ2) is 39.0. The lowest BCUT2D eigenvalue weighted by molar-refractivity contribution is -0.137. The maximum absolute atomic E-state index is 14.4. The van der Waals surface area contributed by atoms with Gasteiger partial charge in [0.25, 0.3) is 0 Å². The summed E-state index contributed by atoms with van der Waals surface area (Å²) in [6.07, 6.45) is 0.0768. The van der Waals surface area contributed by atoms with Crippen molar-refractivity contribution < 1.29 is 68.1 Å². The number of hydrogen-bond acceptors (Lipinski definition) is 18. The van der Waals surface area contributed by atoms with Crippen LogP contribution < -0.4 is 65.5 Å². The van der Waals surface area contributed by atoms with E-state index in [1.165, 1.54) is 13.8 Å². The molecule has 1 saturated heterocycles. The largest absolute Gasteiger partial charge is 0.394 e. The van der Waals surface area contributed by atoms with Crippen LogP contribution in [0.5, 0.6) is 0 Å². The van der Waals surface area contributed by atoms with E-state index >= 15 is 0 Å². The quantitative estimate of drug-likeness (QED) is 0.0324. The molecule has 19 N–H and O–H groups in total. The van der Waals surface area contributed by atoms with Gasteiger partial charge in [0.05, 0.1) is 24.9 Å². The van der Waals surface area contributed by atoms with Crippen molar-refractivity contribution >= 4 is 64.6 Å². The fourth-order valence-corrected chi connectivity index (χ4v) is 9.29. The van der Waals surface area contributed by atoms with Gasteiger partial charge in [-0.25, -0.2) is 0 Å². The molecule has 12 atom stereocenters. The van der Waals surface area contributed by atoms with Crippen LogP contribution in [0, 0.1) is 29.6 Å². The van der Waals surface area contributed by atoms with Gasteiger partial charge in [0.15, 0.2) is 11.6 Å². The lowest BCUT2D eigenvalue weighted by Crippen LogP contribution is -2.60. The molecule has 0 bridgehead atoms. The molecule has 26 heteroatoms. The van der Waals surface area contributed by atoms with Crippen molar-refractivity contribution in [3.8, 4) is 0 Å². The fraction of sp³-hybridized carbons (Fsp3) is 0.796. The van der Waals surface area contributed by atoms with Crippen molar-refractivity contribution in [1.82, 2.24) is 42.5 Å². The van der Waals surface area contributed by atoms with Gasteiger partial charge in [-0.3, -0.25) is 52.7 Å². The fourth-order valence-electron chi connectivity index (χ4n) is 9.29. The molecule has 1 fully saturated rings. The highest BCUT2D eigenvalue weighted by Gasteiger charge is 2.38. The first kappa shape index (κ1) is 72.5. The number of ketones is 3. The Labute approximate surface area is 471 Å². The minimum Gasteiger partial charge on any atom is -0.394 e. The van der Waals surface area contributed by atoms with Crippen molar-refractivity contribution in [2.45, 2.75) is 206 Å². The molecule has 0 radical (unpaired) electrons. The van der Waals surface area contributed by atoms with Crippen LogP contribution in [0.15, 0.2) is 0 Å². The molecule has 1 heterocycles. The first-order chi connectivity index (χ1) is 37.8. The van der Waals surface area contributed by atoms with Gasteiger partial charge in [-0.1, -0.05) is 60.3 Å². The van der Waals surface area contributed by atoms with Crippen LogP contribution in [0.3, 0.4) is 0 Å². The maximum Gasteiger partial charge on any atom is 0.245 e. The van der Waals surface area contributed by atoms with Crippen molar-refractivity contribution in [3.05, 3.63) is 0 Å². The number of unbranched alkanes of at least 4 members (excludes halogenated alkanes) is 4. The zero-order valence-electron chi connectivity index (χ0n) is 48.3. The highest BCUT2D eigenvalue weighted by molar-refractivity contribution is 5.99. The average molecular weight is 1140 g/mol. The van der Waals surface area contributed by atoms with E-state index in [-0.39, 0.29) is 95.2 Å². The molecule has 1 aliphatic rings. The predicted molar refractivity (Wildman–Crippen MR) is 298 cm³/mol. The van der Waals surface area contributed by atoms with Crippen LogP contribution >= 0.6 is 0 Å². The Hall–Kier alpha value is -5.51. The van der Waals surface area contributed by atoms with E-state index in [4.69, 9.17) is 22.9 Å². The number of nitrogens with one attached hydrogen (secondary N) is 8. The normalized spacial score (nSPS) is 23.5. The number of hydrogen-bond donors (Lipinski definition) is 15. The minimum absolute atomic E-state index is 0.0515. The number of aliphatic hydroxyl groups excluding tert-OH is 3. The van der Waals surface area contributed by atoms with E-state index in [9.17, 15) is 68.1 Å². The molecular weight excluding hydrogens is 1040 g/mol. The molecule has 458 valence electrons. The predicted octanol–water partition coefficient (Wildman–Crippen LogP) is -2.77. The molecule has 26 nitrogen and oxygen atoms in total. The van der Waals surface area contributed by atoms with Gasteiger partial charge >= 0.3 is 0 Å². The standard InChI is InChI=1S/C54H98N12O14/c1-8-9-10-11-12-13-37(70)26-34(14-19-55)48(74)65-45(32(6)68)44(72)27-35(15-20-56)47(73)61-40-18-23-59-54(80)46(33(7)69)66-51(77)39(17-22-58)62-53(79)42(29-67)64-52(78)41(25-31(4)5)63-49(75)36(24-30(2)3)28-43(71)38(16-21-57)60-50(40)76/h30-36,38-42,45-46,67-69H,8-29,55-58H2,1-7H3,(H,59,80)(H,60,76)(H,61,73)(H,62,79)(H,63,75)(H,64,78)(H,65,74)(H,66,77)/t32-,33-,34-,35-,36+,38+,39+,40+,41+,42+,45+,46+/m1/s1. The van der Waals surface area contributed by atoms with E-state index in [0.717, 1.165) is 25.7 Å². The van der Waals surface area contributed by atoms with E-state index < -0.39 is 163 Å². The Balaban J connectivity index is 3.80. The molecule has 0 saturated carbocycles. The van der Waals surface area contributed by atoms with Crippen molar-refractivity contribution in [2.75, 3.05) is 39.3 Å². The van der Waals surface area contributed by atoms with Crippen LogP contribution in [0.1, 0.15) is 151 Å². The third kappa shape index (κ3) is 26.8. The second-order valence-electron chi connectivity index (χ2n) is 21.9. The highest BCUT2D eigenvalue weighted by atomic mass is 16.3. The van der Waals surface area contributed by atoms with Crippen LogP contribution in [0.25, 0.3) is 0 Å². The second-order valence-corrected chi connectivity index (χ2v) is 21.9. The van der Waals surface area contributed by atoms with Crippen LogP contribution in [0.4, 0.5) is 0 Å². The zero-order valence-corrected chi connectivity index (χ0v) is 48.3. The molecule has 1 aliphatic heterocycles. The number of nitrogens with two attached hydrogens (primary N) is 4. The summed E-state index contributed by atoms with van der Waals surface area (Å²) in [5.41, 5.74) is 23.4. The van der Waals surface area contributed by atoms with Crippen LogP contribution in [-0.2, 0) is 52.7 Å². The van der Waals surface area contributed by atoms with Gasteiger partial charge < -0.3 is 80.8 Å². The summed E-state index contributed by atoms with van der Waals surface area (Å²) in [5.74, 6) is -12.2. The molecule has 0 aromatic heterocycles. The van der Waals surface area contributed by atoms with Gasteiger partial charge in [-0.2, -0.15) is 0 Å². The van der Waals surface area contributed by atoms with Crippen LogP contribution in [-0.4, -0.2) is 174 Å². The average Bonchev–Trinajstić information content (AvgIpc) is 3.38. The third-order valence-corrected chi connectivity index (χ3v) is 13.8. The van der Waals surface area contributed by atoms with Gasteiger partial charge in [0.2, 0.25) is 47.3 Å². The highest BCUT2D eigenvalue weighted by Crippen LogP contribution is 2.21. The van der Waals surface area contributed by atoms with Gasteiger partial charge in [0, 0.05) is 50.0 Å². The summed E-state index contributed by atoms with van der Waals surface area (Å²) < 4.78 is 0. The van der Waals surface area contributed by atoms with Gasteiger partial charge in [-0.05, 0) is 103 Å². The number of amides is 8. The Morgan fingerprint density at radius 3 is 1.70 bits per heavy atom. The van der Waals surface area contributed by atoms with Crippen molar-refractivity contribution in [1.29, 1.82) is 0 Å². The Morgan fingerprint density at radius 2 is 1.15 bits per heavy atom. The minimum atomic E-state index is -1.68. The van der Waals surface area contributed by atoms with E-state index in [1.807, 2.05) is 13.8 Å². The van der Waals surface area contributed by atoms with Crippen LogP contribution in [0.2, 0.25) is 0 Å². The van der Waals surface area contributed by atoms with Crippen molar-refractivity contribution in [3.63, 3.8) is 0 Å². The summed E-state index contributed by atoms with van der Waals surface area (Å²) in [7, 11) is 0. The van der Waals surface area contributed by atoms with E-state index in [2.05, 4.69) is 49.5 Å². The molecule has 0 spiro atoms. The first-order valence-corrected chi connectivity index (χ1v) is 28.5. The van der Waals surface area contributed by atoms with E-state index in [0.29, 0.717) is 6.42 Å². The maximum atomic E-state index is 14.4. The lowest BCUT2D eigenvalue weighted by Gasteiger charge is -2.28. The number of carbonyl (C=O) groups excluding carboxylic acids is 11. The molecule has 0 unspecified atom stereocenters. The molecule has 80 heavy (non-hydrogen) atoms. The molecule has 0 aliphatic carbocycles. The topological polar surface area (TPSA) is 449 Å². The molecular formula is C54H98N12O14. The Bertz CT molecular complexity index is 2010. The van der Waals surface area contributed by atoms with Crippen molar-refractivity contribution in [2.24, 2.45) is 52.5 Å². The number of aliphatic hydroxyl groups is 3. The summed E-state index contributed by atoms with van der Waals surface area (Å²) in [5, 5.41) is 51.9. The Kier molecular flexibility index (Phi) is 35.4. The Morgan fingerprint density at radius 1 is 0.613 bits per heavy atom. The number of rotatable bonds is 30. The molecule has 0 aromatic rings. The summed E-state index contributed by atoms with van der Waals surface area (Å²) in [6, 6.07) is -10.5. The first-order valence-electron chi connectivity index (χ1n) is 28.5. The SMILES string of the molecule is CCCCCCCC(=O)C[C@@H](CCN)C(=O)N[C@H](C(=O)C[C@@H](CCN)C(=O)N[C@H]1CCNC(=O)[C@H]([C@@H](C)O)NC(=O)[C@H](CCN)NC(=O)[C@H](CO)NC(=O)[C@H](CC(C)C)NC(=O)[C@@H](CC(C)C)CC(=O)[C@H](CCN)NC1=O)[C@@H](C)O. The number of carbonyl (C=O) groups is 11. The van der Waals surface area contributed by atoms with E-state index in [1.54, 1.807) is 13.8 Å². The zero-order chi connectivity index (χ0) is 60.6. The monoisotopic (exact) mass is 1140 g/mol. The summed E-state index contributed by atoms with van der Waals surface area (Å²) in [6.45, 7) is 9.95. The number of Topliss-reactive ketones (excluding diaryl/α,β-unsaturated/α-hetero) is 3. The summed E-state index contributed by atoms with van der Waals surface area (Å²) in [4.78, 5) is 152.